The Kier molecular flexibility index (Phi) is 3.47. The number of hydrogen-bond donors (Lipinski definition) is 0. The first-order valence-corrected chi connectivity index (χ1v) is 6.26. The maximum Gasteiger partial charge on any atom is 0.337 e. The Morgan fingerprint density at radius 1 is 1.22 bits per heavy atom. The van der Waals surface area contributed by atoms with Crippen LogP contribution in [0, 0.1) is 10.1 Å². The smallest absolute Gasteiger partial charge is 0.337 e. The van der Waals surface area contributed by atoms with Crippen molar-refractivity contribution in [3.63, 3.8) is 0 Å². The van der Waals surface area contributed by atoms with Crippen molar-refractivity contribution in [2.75, 3.05) is 6.26 Å². The Morgan fingerprint density at radius 2 is 1.89 bits per heavy atom. The van der Waals surface area contributed by atoms with Crippen LogP contribution in [0.25, 0.3) is 11.3 Å². The fourth-order valence-corrected chi connectivity index (χ4v) is 1.90. The highest BCUT2D eigenvalue weighted by Gasteiger charge is 2.08. The van der Waals surface area contributed by atoms with E-state index < -0.39 is 10.5 Å². The van der Waals surface area contributed by atoms with Crippen molar-refractivity contribution in [1.82, 2.24) is 0 Å². The molecule has 0 saturated carbocycles. The summed E-state index contributed by atoms with van der Waals surface area (Å²) in [6, 6.07) is 9.00. The molecular weight excluding hydrogens is 254 g/mol. The van der Waals surface area contributed by atoms with E-state index in [2.05, 4.69) is 0 Å². The Bertz CT molecular complexity index is 633. The molecule has 0 saturated heterocycles. The normalized spacial score (nSPS) is 10.3. The highest BCUT2D eigenvalue weighted by Crippen LogP contribution is 2.24. The van der Waals surface area contributed by atoms with E-state index in [1.165, 1.54) is 30.0 Å². The number of hydrogen-bond acceptors (Lipinski definition) is 5. The van der Waals surface area contributed by atoms with Crippen LogP contribution >= 0.6 is 11.8 Å². The molecule has 1 aromatic carbocycles. The summed E-state index contributed by atoms with van der Waals surface area (Å²) < 4.78 is 5.07. The lowest BCUT2D eigenvalue weighted by molar-refractivity contribution is -0.384. The van der Waals surface area contributed by atoms with Gasteiger partial charge >= 0.3 is 5.63 Å². The van der Waals surface area contributed by atoms with Crippen molar-refractivity contribution in [2.45, 2.75) is 4.90 Å². The highest BCUT2D eigenvalue weighted by atomic mass is 32.2. The van der Waals surface area contributed by atoms with E-state index in [1.54, 1.807) is 18.2 Å². The third kappa shape index (κ3) is 2.60. The van der Waals surface area contributed by atoms with Gasteiger partial charge in [-0.15, -0.1) is 11.8 Å². The van der Waals surface area contributed by atoms with Crippen LogP contribution in [0.15, 0.2) is 50.5 Å². The largest absolute Gasteiger partial charge is 0.423 e. The van der Waals surface area contributed by atoms with Crippen molar-refractivity contribution < 1.29 is 9.34 Å². The van der Waals surface area contributed by atoms with Crippen LogP contribution in [0.2, 0.25) is 0 Å². The molecule has 0 fully saturated rings. The summed E-state index contributed by atoms with van der Waals surface area (Å²) in [5.74, 6) is 0.404. The highest BCUT2D eigenvalue weighted by molar-refractivity contribution is 7.98. The van der Waals surface area contributed by atoms with Crippen molar-refractivity contribution in [3.05, 3.63) is 56.9 Å². The third-order valence-electron chi connectivity index (χ3n) is 2.34. The molecule has 0 aliphatic rings. The number of nitrogens with zero attached hydrogens (tertiary/aromatic N) is 1. The average Bonchev–Trinajstić information content (AvgIpc) is 2.38. The molecule has 6 heteroatoms. The van der Waals surface area contributed by atoms with Gasteiger partial charge in [-0.3, -0.25) is 10.1 Å². The quantitative estimate of drug-likeness (QED) is 0.483. The molecule has 2 rings (SSSR count). The number of benzene rings is 1. The first-order chi connectivity index (χ1) is 8.60. The maximum absolute atomic E-state index is 11.3. The first-order valence-electron chi connectivity index (χ1n) is 5.04. The van der Waals surface area contributed by atoms with Gasteiger partial charge in [0.05, 0.1) is 4.92 Å². The molecule has 0 atom stereocenters. The Morgan fingerprint density at radius 3 is 2.44 bits per heavy atom. The van der Waals surface area contributed by atoms with Gasteiger partial charge in [-0.1, -0.05) is 0 Å². The zero-order valence-corrected chi connectivity index (χ0v) is 10.3. The lowest BCUT2D eigenvalue weighted by Crippen LogP contribution is -1.97. The van der Waals surface area contributed by atoms with Crippen LogP contribution in [-0.2, 0) is 0 Å². The lowest BCUT2D eigenvalue weighted by Gasteiger charge is -2.01. The predicted molar refractivity (Wildman–Crippen MR) is 68.8 cm³/mol. The van der Waals surface area contributed by atoms with Gasteiger partial charge in [0.1, 0.15) is 5.76 Å². The summed E-state index contributed by atoms with van der Waals surface area (Å²) in [6.45, 7) is 0. The molecule has 0 aliphatic carbocycles. The fraction of sp³-hybridized carbons (Fsp3) is 0.0833. The molecule has 1 aromatic heterocycles. The van der Waals surface area contributed by atoms with E-state index in [1.807, 2.05) is 6.26 Å². The van der Waals surface area contributed by atoms with Crippen molar-refractivity contribution in [2.24, 2.45) is 0 Å². The molecule has 0 unspecified atom stereocenters. The van der Waals surface area contributed by atoms with E-state index in [9.17, 15) is 14.9 Å². The second-order valence-electron chi connectivity index (χ2n) is 3.48. The van der Waals surface area contributed by atoms with E-state index in [0.29, 0.717) is 11.3 Å². The Hall–Kier alpha value is -2.08. The fourth-order valence-electron chi connectivity index (χ4n) is 1.46. The summed E-state index contributed by atoms with van der Waals surface area (Å²) in [6.07, 6.45) is 1.86. The topological polar surface area (TPSA) is 73.3 Å². The van der Waals surface area contributed by atoms with Gasteiger partial charge in [0, 0.05) is 28.7 Å². The summed E-state index contributed by atoms with van der Waals surface area (Å²) in [5, 5.41) is 10.5. The van der Waals surface area contributed by atoms with Crippen LogP contribution in [0.5, 0.6) is 0 Å². The number of non-ortho nitro benzene ring substituents is 1. The minimum absolute atomic E-state index is 0.00196. The molecule has 0 radical (unpaired) electrons. The third-order valence-corrected chi connectivity index (χ3v) is 3.05. The molecule has 18 heavy (non-hydrogen) atoms. The van der Waals surface area contributed by atoms with Gasteiger partial charge in [-0.2, -0.15) is 0 Å². The number of rotatable bonds is 3. The molecule has 0 aliphatic heterocycles. The molecule has 92 valence electrons. The average molecular weight is 263 g/mol. The second kappa shape index (κ2) is 5.05. The summed E-state index contributed by atoms with van der Waals surface area (Å²) >= 11 is 1.43. The summed E-state index contributed by atoms with van der Waals surface area (Å²) in [5.41, 5.74) is 0.200. The minimum atomic E-state index is -0.474. The molecule has 0 bridgehead atoms. The van der Waals surface area contributed by atoms with Gasteiger partial charge < -0.3 is 4.42 Å². The van der Waals surface area contributed by atoms with Crippen LogP contribution in [0.1, 0.15) is 0 Å². The van der Waals surface area contributed by atoms with Gasteiger partial charge in [0.25, 0.3) is 5.69 Å². The maximum atomic E-state index is 11.3. The van der Waals surface area contributed by atoms with Gasteiger partial charge in [0.2, 0.25) is 0 Å². The van der Waals surface area contributed by atoms with E-state index in [4.69, 9.17) is 4.42 Å². The van der Waals surface area contributed by atoms with E-state index in [-0.39, 0.29) is 5.69 Å². The zero-order chi connectivity index (χ0) is 13.1. The zero-order valence-electron chi connectivity index (χ0n) is 9.45. The van der Waals surface area contributed by atoms with Gasteiger partial charge in [-0.05, 0) is 24.5 Å². The van der Waals surface area contributed by atoms with Crippen LogP contribution < -0.4 is 5.63 Å². The predicted octanol–water partition coefficient (Wildman–Crippen LogP) is 2.94. The molecular formula is C12H9NO4S. The van der Waals surface area contributed by atoms with Crippen LogP contribution in [0.4, 0.5) is 5.69 Å². The number of thioether (sulfide) groups is 1. The minimum Gasteiger partial charge on any atom is -0.423 e. The van der Waals surface area contributed by atoms with Crippen LogP contribution in [-0.4, -0.2) is 11.2 Å². The van der Waals surface area contributed by atoms with Crippen molar-refractivity contribution >= 4 is 17.4 Å². The Labute approximate surface area is 107 Å². The molecule has 5 nitrogen and oxygen atoms in total. The number of nitro benzene ring substituents is 1. The molecule has 0 spiro atoms. The lowest BCUT2D eigenvalue weighted by atomic mass is 10.1. The number of nitro groups is 1. The molecule has 0 amide bonds. The van der Waals surface area contributed by atoms with E-state index in [0.717, 1.165) is 4.90 Å². The van der Waals surface area contributed by atoms with Crippen molar-refractivity contribution in [1.29, 1.82) is 0 Å². The monoisotopic (exact) mass is 263 g/mol. The van der Waals surface area contributed by atoms with Gasteiger partial charge in [-0.25, -0.2) is 4.79 Å². The molecule has 2 aromatic rings. The van der Waals surface area contributed by atoms with E-state index >= 15 is 0 Å². The first kappa shape index (κ1) is 12.4. The van der Waals surface area contributed by atoms with Crippen LogP contribution in [0.3, 0.4) is 0 Å². The SMILES string of the molecule is CSc1cc(-c2ccc([N+](=O)[O-])cc2)oc(=O)c1. The second-order valence-corrected chi connectivity index (χ2v) is 4.36. The summed E-state index contributed by atoms with van der Waals surface area (Å²) in [7, 11) is 0. The van der Waals surface area contributed by atoms with Gasteiger partial charge in [0.15, 0.2) is 0 Å². The summed E-state index contributed by atoms with van der Waals surface area (Å²) in [4.78, 5) is 22.2. The standard InChI is InChI=1S/C12H9NO4S/c1-18-10-6-11(17-12(14)7-10)8-2-4-9(5-3-8)13(15)16/h2-7H,1H3. The van der Waals surface area contributed by atoms with Crippen molar-refractivity contribution in [3.8, 4) is 11.3 Å². The Balaban J connectivity index is 2.45. The molecule has 1 heterocycles. The molecule has 0 N–H and O–H groups in total.